The standard InChI is InChI=1S/C9H20O2SSi/c1-2-10-13(9-5-7-12)8-4-3-6-11-13/h12H,2-9H2,1H3. The summed E-state index contributed by atoms with van der Waals surface area (Å²) in [5.74, 6) is 0.950. The molecule has 0 bridgehead atoms. The van der Waals surface area contributed by atoms with Gasteiger partial charge in [-0.2, -0.15) is 12.6 Å². The van der Waals surface area contributed by atoms with Crippen LogP contribution in [-0.4, -0.2) is 27.5 Å². The van der Waals surface area contributed by atoms with E-state index < -0.39 is 8.56 Å². The fraction of sp³-hybridized carbons (Fsp3) is 1.00. The molecule has 0 aliphatic carbocycles. The van der Waals surface area contributed by atoms with Crippen molar-refractivity contribution < 1.29 is 8.85 Å². The molecule has 1 saturated heterocycles. The van der Waals surface area contributed by atoms with Crippen molar-refractivity contribution in [1.29, 1.82) is 0 Å². The zero-order valence-electron chi connectivity index (χ0n) is 8.42. The first-order valence-electron chi connectivity index (χ1n) is 5.22. The second kappa shape index (κ2) is 6.06. The normalized spacial score (nSPS) is 29.1. The Labute approximate surface area is 87.7 Å². The summed E-state index contributed by atoms with van der Waals surface area (Å²) in [6.07, 6.45) is 3.64. The molecule has 4 heteroatoms. The minimum absolute atomic E-state index is 0.804. The van der Waals surface area contributed by atoms with Crippen molar-refractivity contribution in [3.63, 3.8) is 0 Å². The first-order chi connectivity index (χ1) is 6.33. The number of rotatable bonds is 5. The Balaban J connectivity index is 2.40. The Kier molecular flexibility index (Phi) is 5.39. The molecular formula is C9H20O2SSi. The molecule has 0 saturated carbocycles. The van der Waals surface area contributed by atoms with E-state index >= 15 is 0 Å². The summed E-state index contributed by atoms with van der Waals surface area (Å²) in [5.41, 5.74) is 0. The van der Waals surface area contributed by atoms with Gasteiger partial charge in [-0.25, -0.2) is 0 Å². The van der Waals surface area contributed by atoms with E-state index in [0.29, 0.717) is 0 Å². The summed E-state index contributed by atoms with van der Waals surface area (Å²) >= 11 is 4.24. The van der Waals surface area contributed by atoms with E-state index in [1.165, 1.54) is 18.9 Å². The zero-order chi connectivity index (χ0) is 9.57. The molecule has 1 unspecified atom stereocenters. The topological polar surface area (TPSA) is 18.5 Å². The van der Waals surface area contributed by atoms with E-state index in [1.807, 2.05) is 0 Å². The van der Waals surface area contributed by atoms with Crippen LogP contribution in [0.1, 0.15) is 26.2 Å². The molecule has 1 fully saturated rings. The number of hydrogen-bond acceptors (Lipinski definition) is 3. The predicted molar refractivity (Wildman–Crippen MR) is 60.7 cm³/mol. The molecule has 0 amide bonds. The molecule has 1 rings (SSSR count). The first-order valence-corrected chi connectivity index (χ1v) is 8.08. The van der Waals surface area contributed by atoms with Gasteiger partial charge in [-0.05, 0) is 44.0 Å². The van der Waals surface area contributed by atoms with E-state index in [4.69, 9.17) is 8.85 Å². The lowest BCUT2D eigenvalue weighted by molar-refractivity contribution is 0.154. The van der Waals surface area contributed by atoms with Gasteiger partial charge in [-0.15, -0.1) is 0 Å². The molecule has 1 heterocycles. The van der Waals surface area contributed by atoms with Crippen molar-refractivity contribution in [3.05, 3.63) is 0 Å². The molecule has 1 atom stereocenters. The SMILES string of the molecule is CCO[Si]1(CCCS)CCCCO1. The molecule has 78 valence electrons. The largest absolute Gasteiger partial charge is 0.394 e. The van der Waals surface area contributed by atoms with Crippen LogP contribution >= 0.6 is 12.6 Å². The molecule has 1 aliphatic rings. The van der Waals surface area contributed by atoms with Crippen LogP contribution in [0, 0.1) is 0 Å². The Morgan fingerprint density at radius 1 is 1.46 bits per heavy atom. The van der Waals surface area contributed by atoms with Crippen LogP contribution in [0.15, 0.2) is 0 Å². The average molecular weight is 220 g/mol. The van der Waals surface area contributed by atoms with Gasteiger partial charge >= 0.3 is 8.56 Å². The Hall–Kier alpha value is 0.487. The fourth-order valence-electron chi connectivity index (χ4n) is 1.82. The van der Waals surface area contributed by atoms with Crippen molar-refractivity contribution >= 4 is 21.2 Å². The molecule has 2 nitrogen and oxygen atoms in total. The Morgan fingerprint density at radius 3 is 2.85 bits per heavy atom. The molecule has 1 aliphatic heterocycles. The van der Waals surface area contributed by atoms with Gasteiger partial charge in [0.05, 0.1) is 0 Å². The maximum atomic E-state index is 5.89. The molecule has 13 heavy (non-hydrogen) atoms. The lowest BCUT2D eigenvalue weighted by Gasteiger charge is -2.33. The van der Waals surface area contributed by atoms with Crippen molar-refractivity contribution in [2.45, 2.75) is 38.3 Å². The molecule has 0 spiro atoms. The van der Waals surface area contributed by atoms with Gasteiger partial charge in [0.25, 0.3) is 0 Å². The summed E-state index contributed by atoms with van der Waals surface area (Å²) in [5, 5.41) is 0. The van der Waals surface area contributed by atoms with Gasteiger partial charge in [-0.1, -0.05) is 0 Å². The third-order valence-corrected chi connectivity index (χ3v) is 6.53. The minimum atomic E-state index is -1.75. The van der Waals surface area contributed by atoms with Crippen LogP contribution in [0.2, 0.25) is 12.1 Å². The van der Waals surface area contributed by atoms with Gasteiger partial charge < -0.3 is 8.85 Å². The summed E-state index contributed by atoms with van der Waals surface area (Å²) in [6, 6.07) is 2.32. The number of thiol groups is 1. The maximum Gasteiger partial charge on any atom is 0.338 e. The molecule has 0 aromatic rings. The zero-order valence-corrected chi connectivity index (χ0v) is 10.3. The molecule has 0 aromatic heterocycles. The van der Waals surface area contributed by atoms with Gasteiger partial charge in [0.2, 0.25) is 0 Å². The maximum absolute atomic E-state index is 5.89. The number of hydrogen-bond donors (Lipinski definition) is 1. The highest BCUT2D eigenvalue weighted by molar-refractivity contribution is 7.80. The second-order valence-corrected chi connectivity index (χ2v) is 7.32. The average Bonchev–Trinajstić information content (AvgIpc) is 2.17. The first kappa shape index (κ1) is 11.6. The summed E-state index contributed by atoms with van der Waals surface area (Å²) in [4.78, 5) is 0. The Bertz CT molecular complexity index is 132. The highest BCUT2D eigenvalue weighted by Crippen LogP contribution is 2.28. The van der Waals surface area contributed by atoms with Crippen molar-refractivity contribution in [3.8, 4) is 0 Å². The lowest BCUT2D eigenvalue weighted by Crippen LogP contribution is -2.44. The van der Waals surface area contributed by atoms with Gasteiger partial charge in [0.1, 0.15) is 0 Å². The van der Waals surface area contributed by atoms with Crippen LogP contribution in [0.3, 0.4) is 0 Å². The second-order valence-electron chi connectivity index (χ2n) is 3.48. The minimum Gasteiger partial charge on any atom is -0.394 e. The van der Waals surface area contributed by atoms with E-state index in [1.54, 1.807) is 0 Å². The summed E-state index contributed by atoms with van der Waals surface area (Å²) in [6.45, 7) is 3.78. The lowest BCUT2D eigenvalue weighted by atomic mass is 10.4. The monoisotopic (exact) mass is 220 g/mol. The van der Waals surface area contributed by atoms with Crippen molar-refractivity contribution in [2.24, 2.45) is 0 Å². The third-order valence-electron chi connectivity index (χ3n) is 2.44. The van der Waals surface area contributed by atoms with E-state index in [0.717, 1.165) is 31.4 Å². The molecule has 0 N–H and O–H groups in total. The Morgan fingerprint density at radius 2 is 2.31 bits per heavy atom. The van der Waals surface area contributed by atoms with E-state index in [9.17, 15) is 0 Å². The van der Waals surface area contributed by atoms with Crippen LogP contribution < -0.4 is 0 Å². The third kappa shape index (κ3) is 3.62. The van der Waals surface area contributed by atoms with Crippen molar-refractivity contribution in [2.75, 3.05) is 19.0 Å². The smallest absolute Gasteiger partial charge is 0.338 e. The quantitative estimate of drug-likeness (QED) is 0.567. The summed E-state index contributed by atoms with van der Waals surface area (Å²) < 4.78 is 11.7. The van der Waals surface area contributed by atoms with E-state index in [2.05, 4.69) is 19.6 Å². The molecular weight excluding hydrogens is 200 g/mol. The molecule has 0 radical (unpaired) electrons. The van der Waals surface area contributed by atoms with Crippen LogP contribution in [0.25, 0.3) is 0 Å². The predicted octanol–water partition coefficient (Wildman–Crippen LogP) is 2.60. The highest BCUT2D eigenvalue weighted by atomic mass is 32.1. The van der Waals surface area contributed by atoms with E-state index in [-0.39, 0.29) is 0 Å². The molecule has 0 aromatic carbocycles. The van der Waals surface area contributed by atoms with Crippen molar-refractivity contribution in [1.82, 2.24) is 0 Å². The summed E-state index contributed by atoms with van der Waals surface area (Å²) in [7, 11) is -1.75. The fourth-order valence-corrected chi connectivity index (χ4v) is 5.73. The van der Waals surface area contributed by atoms with Gasteiger partial charge in [0, 0.05) is 13.2 Å². The van der Waals surface area contributed by atoms with Gasteiger partial charge in [-0.3, -0.25) is 0 Å². The van der Waals surface area contributed by atoms with Gasteiger partial charge in [0.15, 0.2) is 0 Å². The van der Waals surface area contributed by atoms with Crippen LogP contribution in [-0.2, 0) is 8.85 Å². The highest BCUT2D eigenvalue weighted by Gasteiger charge is 2.38. The van der Waals surface area contributed by atoms with Crippen LogP contribution in [0.5, 0.6) is 0 Å². The van der Waals surface area contributed by atoms with Crippen LogP contribution in [0.4, 0.5) is 0 Å².